The average molecular weight is 379 g/mol. The number of fused-ring (bicyclic) bond motifs is 1. The highest BCUT2D eigenvalue weighted by Crippen LogP contribution is 2.33. The SMILES string of the molecule is COC(=O)c1ccc(-n2nc3ccc(OC)cc3c2/N=C(\C)C(C)(C)C)cc1. The molecular formula is C22H25N3O3. The van der Waals surface area contributed by atoms with Crippen LogP contribution in [0.3, 0.4) is 0 Å². The predicted octanol–water partition coefficient (Wildman–Crippen LogP) is 4.96. The van der Waals surface area contributed by atoms with Crippen LogP contribution >= 0.6 is 0 Å². The van der Waals surface area contributed by atoms with Crippen LogP contribution in [0.5, 0.6) is 5.75 Å². The highest BCUT2D eigenvalue weighted by atomic mass is 16.5. The van der Waals surface area contributed by atoms with Crippen LogP contribution in [-0.4, -0.2) is 35.7 Å². The minimum atomic E-state index is -0.372. The van der Waals surface area contributed by atoms with Crippen molar-refractivity contribution in [2.75, 3.05) is 14.2 Å². The third-order valence-corrected chi connectivity index (χ3v) is 4.74. The fourth-order valence-electron chi connectivity index (χ4n) is 2.65. The van der Waals surface area contributed by atoms with E-state index in [0.717, 1.165) is 33.9 Å². The summed E-state index contributed by atoms with van der Waals surface area (Å²) in [6.45, 7) is 8.39. The van der Waals surface area contributed by atoms with Gasteiger partial charge >= 0.3 is 5.97 Å². The normalized spacial score (nSPS) is 12.3. The van der Waals surface area contributed by atoms with Gasteiger partial charge in [0, 0.05) is 11.1 Å². The Morgan fingerprint density at radius 2 is 1.75 bits per heavy atom. The molecule has 0 amide bonds. The van der Waals surface area contributed by atoms with Gasteiger partial charge in [-0.2, -0.15) is 5.10 Å². The van der Waals surface area contributed by atoms with Crippen molar-refractivity contribution in [3.63, 3.8) is 0 Å². The van der Waals surface area contributed by atoms with Gasteiger partial charge in [0.1, 0.15) is 5.75 Å². The number of methoxy groups -OCH3 is 2. The van der Waals surface area contributed by atoms with Gasteiger partial charge in [-0.1, -0.05) is 20.8 Å². The number of carbonyl (C=O) groups excluding carboxylic acids is 1. The van der Waals surface area contributed by atoms with Crippen molar-refractivity contribution in [1.29, 1.82) is 0 Å². The van der Waals surface area contributed by atoms with Gasteiger partial charge < -0.3 is 9.47 Å². The molecule has 0 spiro atoms. The molecular weight excluding hydrogens is 354 g/mol. The van der Waals surface area contributed by atoms with E-state index >= 15 is 0 Å². The Labute approximate surface area is 164 Å². The summed E-state index contributed by atoms with van der Waals surface area (Å²) in [7, 11) is 3.01. The van der Waals surface area contributed by atoms with Crippen LogP contribution in [0.4, 0.5) is 5.82 Å². The summed E-state index contributed by atoms with van der Waals surface area (Å²) in [6.07, 6.45) is 0. The van der Waals surface area contributed by atoms with E-state index in [2.05, 4.69) is 20.8 Å². The Morgan fingerprint density at radius 1 is 1.07 bits per heavy atom. The van der Waals surface area contributed by atoms with Crippen molar-refractivity contribution in [2.24, 2.45) is 10.4 Å². The monoisotopic (exact) mass is 379 g/mol. The third kappa shape index (κ3) is 3.76. The van der Waals surface area contributed by atoms with Gasteiger partial charge in [-0.25, -0.2) is 14.5 Å². The highest BCUT2D eigenvalue weighted by molar-refractivity contribution is 5.96. The summed E-state index contributed by atoms with van der Waals surface area (Å²) >= 11 is 0. The number of esters is 1. The zero-order valence-corrected chi connectivity index (χ0v) is 17.1. The lowest BCUT2D eigenvalue weighted by molar-refractivity contribution is 0.0600. The zero-order valence-electron chi connectivity index (χ0n) is 17.1. The van der Waals surface area contributed by atoms with Crippen LogP contribution in [0, 0.1) is 5.41 Å². The van der Waals surface area contributed by atoms with Crippen LogP contribution in [-0.2, 0) is 4.74 Å². The Kier molecular flexibility index (Phi) is 5.23. The minimum Gasteiger partial charge on any atom is -0.497 e. The number of carbonyl (C=O) groups is 1. The highest BCUT2D eigenvalue weighted by Gasteiger charge is 2.19. The van der Waals surface area contributed by atoms with Gasteiger partial charge in [0.25, 0.3) is 0 Å². The number of hydrogen-bond acceptors (Lipinski definition) is 5. The predicted molar refractivity (Wildman–Crippen MR) is 111 cm³/mol. The van der Waals surface area contributed by atoms with Crippen molar-refractivity contribution in [3.8, 4) is 11.4 Å². The van der Waals surface area contributed by atoms with E-state index in [1.54, 1.807) is 23.9 Å². The molecule has 0 aliphatic carbocycles. The van der Waals surface area contributed by atoms with Crippen molar-refractivity contribution in [2.45, 2.75) is 27.7 Å². The van der Waals surface area contributed by atoms with Gasteiger partial charge in [-0.3, -0.25) is 0 Å². The fraction of sp³-hybridized carbons (Fsp3) is 0.318. The Morgan fingerprint density at radius 3 is 2.32 bits per heavy atom. The smallest absolute Gasteiger partial charge is 0.337 e. The first-order valence-corrected chi connectivity index (χ1v) is 9.06. The standard InChI is InChI=1S/C22H25N3O3/c1-14(22(2,3)4)23-20-18-13-17(27-5)11-12-19(18)24-25(20)16-9-7-15(8-10-16)21(26)28-6/h7-13H,1-6H3/b23-14+. The maximum atomic E-state index is 11.7. The molecule has 0 unspecified atom stereocenters. The first kappa shape index (κ1) is 19.6. The van der Waals surface area contributed by atoms with Gasteiger partial charge in [0.15, 0.2) is 5.82 Å². The first-order valence-electron chi connectivity index (χ1n) is 9.06. The van der Waals surface area contributed by atoms with Crippen LogP contribution in [0.15, 0.2) is 47.5 Å². The van der Waals surface area contributed by atoms with Gasteiger partial charge in [-0.15, -0.1) is 0 Å². The lowest BCUT2D eigenvalue weighted by Crippen LogP contribution is -2.16. The van der Waals surface area contributed by atoms with E-state index in [4.69, 9.17) is 19.6 Å². The maximum absolute atomic E-state index is 11.7. The molecule has 6 heteroatoms. The number of nitrogens with zero attached hydrogens (tertiary/aromatic N) is 3. The van der Waals surface area contributed by atoms with Gasteiger partial charge in [0.2, 0.25) is 0 Å². The molecule has 0 aliphatic rings. The van der Waals surface area contributed by atoms with Crippen LogP contribution < -0.4 is 4.74 Å². The molecule has 0 saturated heterocycles. The number of hydrogen-bond donors (Lipinski definition) is 0. The Hall–Kier alpha value is -3.15. The average Bonchev–Trinajstić information content (AvgIpc) is 3.04. The lowest BCUT2D eigenvalue weighted by atomic mass is 9.91. The van der Waals surface area contributed by atoms with Crippen molar-refractivity contribution in [1.82, 2.24) is 9.78 Å². The number of aromatic nitrogens is 2. The molecule has 1 heterocycles. The molecule has 6 nitrogen and oxygen atoms in total. The Bertz CT molecular complexity index is 1040. The van der Waals surface area contributed by atoms with Crippen LogP contribution in [0.1, 0.15) is 38.1 Å². The van der Waals surface area contributed by atoms with Crippen LogP contribution in [0.25, 0.3) is 16.6 Å². The number of benzene rings is 2. The number of aliphatic imine (C=N–C) groups is 1. The summed E-state index contributed by atoms with van der Waals surface area (Å²) in [4.78, 5) is 16.6. The summed E-state index contributed by atoms with van der Waals surface area (Å²) in [5, 5.41) is 5.63. The molecule has 3 aromatic rings. The molecule has 0 radical (unpaired) electrons. The molecule has 2 aromatic carbocycles. The van der Waals surface area contributed by atoms with E-state index in [1.165, 1.54) is 7.11 Å². The lowest BCUT2D eigenvalue weighted by Gasteiger charge is -2.18. The van der Waals surface area contributed by atoms with Crippen molar-refractivity contribution >= 4 is 28.4 Å². The van der Waals surface area contributed by atoms with Gasteiger partial charge in [-0.05, 0) is 49.4 Å². The molecule has 1 aromatic heterocycles. The first-order chi connectivity index (χ1) is 13.2. The quantitative estimate of drug-likeness (QED) is 0.475. The van der Waals surface area contributed by atoms with E-state index in [-0.39, 0.29) is 11.4 Å². The maximum Gasteiger partial charge on any atom is 0.337 e. The second-order valence-corrected chi connectivity index (χ2v) is 7.60. The molecule has 146 valence electrons. The zero-order chi connectivity index (χ0) is 20.5. The molecule has 0 N–H and O–H groups in total. The summed E-state index contributed by atoms with van der Waals surface area (Å²) in [5.41, 5.74) is 3.03. The molecule has 0 aliphatic heterocycles. The van der Waals surface area contributed by atoms with E-state index in [0.29, 0.717) is 5.56 Å². The summed E-state index contributed by atoms with van der Waals surface area (Å²) in [6, 6.07) is 12.8. The topological polar surface area (TPSA) is 65.7 Å². The van der Waals surface area contributed by atoms with E-state index in [1.807, 2.05) is 37.3 Å². The van der Waals surface area contributed by atoms with Crippen molar-refractivity contribution < 1.29 is 14.3 Å². The molecule has 3 rings (SSSR count). The van der Waals surface area contributed by atoms with Gasteiger partial charge in [0.05, 0.1) is 36.4 Å². The largest absolute Gasteiger partial charge is 0.497 e. The third-order valence-electron chi connectivity index (χ3n) is 4.74. The van der Waals surface area contributed by atoms with Crippen molar-refractivity contribution in [3.05, 3.63) is 48.0 Å². The number of rotatable bonds is 4. The second kappa shape index (κ2) is 7.46. The molecule has 0 bridgehead atoms. The Balaban J connectivity index is 2.21. The molecule has 0 atom stereocenters. The summed E-state index contributed by atoms with van der Waals surface area (Å²) < 4.78 is 11.9. The van der Waals surface area contributed by atoms with Crippen LogP contribution in [0.2, 0.25) is 0 Å². The second-order valence-electron chi connectivity index (χ2n) is 7.60. The van der Waals surface area contributed by atoms with E-state index in [9.17, 15) is 4.79 Å². The fourth-order valence-corrected chi connectivity index (χ4v) is 2.65. The molecule has 0 saturated carbocycles. The minimum absolute atomic E-state index is 0.0744. The summed E-state index contributed by atoms with van der Waals surface area (Å²) in [5.74, 6) is 1.11. The number of ether oxygens (including phenoxy) is 2. The van der Waals surface area contributed by atoms with E-state index < -0.39 is 0 Å². The molecule has 28 heavy (non-hydrogen) atoms. The molecule has 0 fully saturated rings.